The third-order valence-electron chi connectivity index (χ3n) is 7.31. The molecule has 2 aromatic carbocycles. The molecule has 1 aliphatic rings. The molecule has 0 saturated heterocycles. The summed E-state index contributed by atoms with van der Waals surface area (Å²) in [5, 5.41) is 42.0. The molecule has 0 aliphatic heterocycles. The van der Waals surface area contributed by atoms with Crippen LogP contribution in [-0.2, 0) is 9.84 Å². The predicted molar refractivity (Wildman–Crippen MR) is 133 cm³/mol. The zero-order valence-corrected chi connectivity index (χ0v) is 22.1. The average molecular weight is 580 g/mol. The molecule has 1 saturated carbocycles. The number of benzene rings is 2. The Morgan fingerprint density at radius 2 is 1.76 bits per heavy atom. The number of rotatable bonds is 8. The minimum absolute atomic E-state index is 0.101. The van der Waals surface area contributed by atoms with Crippen LogP contribution in [0, 0.1) is 29.3 Å². The Bertz CT molecular complexity index is 1290. The van der Waals surface area contributed by atoms with Crippen molar-refractivity contribution in [2.75, 3.05) is 11.9 Å². The Balaban J connectivity index is 1.91. The molecule has 0 spiro atoms. The fourth-order valence-corrected chi connectivity index (χ4v) is 7.61. The Morgan fingerprint density at radius 1 is 1.16 bits per heavy atom. The van der Waals surface area contributed by atoms with Gasteiger partial charge in [0.25, 0.3) is 5.91 Å². The first-order valence-electron chi connectivity index (χ1n) is 11.9. The monoisotopic (exact) mass is 579 g/mol. The smallest absolute Gasteiger partial charge is 0.255 e. The van der Waals surface area contributed by atoms with Gasteiger partial charge in [0, 0.05) is 23.4 Å². The fourth-order valence-electron chi connectivity index (χ4n) is 5.15. The molecular weight excluding hydrogens is 551 g/mol. The number of halogens is 4. The van der Waals surface area contributed by atoms with Gasteiger partial charge < -0.3 is 25.7 Å². The molecule has 0 unspecified atom stereocenters. The van der Waals surface area contributed by atoms with Crippen LogP contribution in [0.4, 0.5) is 18.9 Å². The number of sulfone groups is 1. The lowest BCUT2D eigenvalue weighted by atomic mass is 9.64. The van der Waals surface area contributed by atoms with Gasteiger partial charge in [-0.3, -0.25) is 4.79 Å². The van der Waals surface area contributed by atoms with Crippen molar-refractivity contribution < 1.29 is 46.8 Å². The second-order valence-corrected chi connectivity index (χ2v) is 12.2. The number of carbonyl (C=O) groups is 1. The summed E-state index contributed by atoms with van der Waals surface area (Å²) in [4.78, 5) is 12.3. The highest BCUT2D eigenvalue weighted by molar-refractivity contribution is 7.92. The maximum Gasteiger partial charge on any atom is 0.255 e. The molecular formula is C25H29ClF3NO7S. The largest absolute Gasteiger partial charge is 0.394 e. The van der Waals surface area contributed by atoms with Crippen LogP contribution in [0.3, 0.4) is 0 Å². The van der Waals surface area contributed by atoms with E-state index >= 15 is 0 Å². The van der Waals surface area contributed by atoms with Crippen LogP contribution in [-0.4, -0.2) is 64.4 Å². The molecule has 13 heteroatoms. The van der Waals surface area contributed by atoms with Crippen molar-refractivity contribution in [3.05, 3.63) is 58.4 Å². The highest BCUT2D eigenvalue weighted by Crippen LogP contribution is 2.46. The van der Waals surface area contributed by atoms with Gasteiger partial charge in [-0.05, 0) is 42.9 Å². The molecule has 1 fully saturated rings. The Kier molecular flexibility index (Phi) is 9.17. The van der Waals surface area contributed by atoms with E-state index in [0.29, 0.717) is 12.1 Å². The van der Waals surface area contributed by atoms with E-state index in [1.165, 1.54) is 19.1 Å². The van der Waals surface area contributed by atoms with Crippen LogP contribution >= 0.6 is 11.6 Å². The van der Waals surface area contributed by atoms with E-state index in [0.717, 1.165) is 6.07 Å². The number of hydrogen-bond acceptors (Lipinski definition) is 7. The summed E-state index contributed by atoms with van der Waals surface area (Å²) in [7, 11) is -4.20. The van der Waals surface area contributed by atoms with Crippen molar-refractivity contribution >= 4 is 33.0 Å². The molecule has 8 nitrogen and oxygen atoms in total. The van der Waals surface area contributed by atoms with Gasteiger partial charge in [-0.15, -0.1) is 0 Å². The highest BCUT2D eigenvalue weighted by atomic mass is 35.5. The van der Waals surface area contributed by atoms with E-state index in [1.807, 2.05) is 0 Å². The van der Waals surface area contributed by atoms with Crippen molar-refractivity contribution in [3.8, 4) is 0 Å². The molecule has 210 valence electrons. The topological polar surface area (TPSA) is 144 Å². The summed E-state index contributed by atoms with van der Waals surface area (Å²) in [5.74, 6) is -7.26. The summed E-state index contributed by atoms with van der Waals surface area (Å²) < 4.78 is 67.5. The van der Waals surface area contributed by atoms with Crippen LogP contribution in [0.15, 0.2) is 35.2 Å². The molecule has 0 bridgehead atoms. The van der Waals surface area contributed by atoms with E-state index in [4.69, 9.17) is 11.6 Å². The molecule has 1 amide bonds. The standard InChI is InChI=1S/C25H29ClF3NO7S/c1-3-14-8-16(6-12(2)25(14,35)23(33)20(32)11-31)38(36,37)21-7-13(4-5-17(21)26)24(34)30-15-9-18(27)22(29)19(28)10-15/h4-5,7,9-10,12,14,16,20,23,31-33,35H,3,6,8,11H2,1-2H3,(H,30,34)/t12-,14+,16-,20-,23+,25-/m0/s1. The summed E-state index contributed by atoms with van der Waals surface area (Å²) in [6.45, 7) is 2.43. The van der Waals surface area contributed by atoms with Crippen LogP contribution in [0.2, 0.25) is 5.02 Å². The maximum atomic E-state index is 13.7. The van der Waals surface area contributed by atoms with Crippen molar-refractivity contribution in [2.45, 2.75) is 61.1 Å². The fraction of sp³-hybridized carbons (Fsp3) is 0.480. The number of aliphatic hydroxyl groups excluding tert-OH is 3. The molecule has 6 atom stereocenters. The van der Waals surface area contributed by atoms with E-state index < -0.39 is 74.7 Å². The van der Waals surface area contributed by atoms with Crippen molar-refractivity contribution in [3.63, 3.8) is 0 Å². The second-order valence-electron chi connectivity index (χ2n) is 9.58. The molecule has 1 aliphatic carbocycles. The Labute approximate surface area is 223 Å². The summed E-state index contributed by atoms with van der Waals surface area (Å²) in [6, 6.07) is 4.54. The van der Waals surface area contributed by atoms with Crippen molar-refractivity contribution in [2.24, 2.45) is 11.8 Å². The first-order chi connectivity index (χ1) is 17.7. The zero-order valence-electron chi connectivity index (χ0n) is 20.5. The van der Waals surface area contributed by atoms with Gasteiger partial charge in [-0.25, -0.2) is 21.6 Å². The van der Waals surface area contributed by atoms with Crippen molar-refractivity contribution in [1.29, 1.82) is 0 Å². The lowest BCUT2D eigenvalue weighted by Gasteiger charge is -2.50. The minimum Gasteiger partial charge on any atom is -0.394 e. The number of aliphatic hydroxyl groups is 4. The molecule has 0 aromatic heterocycles. The van der Waals surface area contributed by atoms with Gasteiger partial charge in [-0.2, -0.15) is 0 Å². The third kappa shape index (κ3) is 5.56. The number of carbonyl (C=O) groups excluding carboxylic acids is 1. The summed E-state index contributed by atoms with van der Waals surface area (Å²) >= 11 is 6.20. The Hall–Kier alpha value is -2.22. The van der Waals surface area contributed by atoms with Gasteiger partial charge in [0.1, 0.15) is 12.2 Å². The third-order valence-corrected chi connectivity index (χ3v) is 9.96. The summed E-state index contributed by atoms with van der Waals surface area (Å²) in [6.07, 6.45) is -3.31. The first kappa shape index (κ1) is 30.3. The normalized spacial score (nSPS) is 25.6. The van der Waals surface area contributed by atoms with Crippen molar-refractivity contribution in [1.82, 2.24) is 0 Å². The number of amides is 1. The SMILES string of the molecule is CC[C@@H]1C[C@@H](S(=O)(=O)c2cc(C(=O)Nc3cc(F)c(F)c(F)c3)ccc2Cl)C[C@H](C)[C@@]1(O)[C@H](O)[C@@H](O)CO. The van der Waals surface area contributed by atoms with Gasteiger partial charge in [0.15, 0.2) is 27.3 Å². The summed E-state index contributed by atoms with van der Waals surface area (Å²) in [5.41, 5.74) is -2.46. The zero-order chi connectivity index (χ0) is 28.6. The predicted octanol–water partition coefficient (Wildman–Crippen LogP) is 3.05. The van der Waals surface area contributed by atoms with E-state index in [2.05, 4.69) is 5.32 Å². The van der Waals surface area contributed by atoms with Gasteiger partial charge in [-0.1, -0.05) is 31.9 Å². The van der Waals surface area contributed by atoms with Crippen LogP contribution in [0.1, 0.15) is 43.5 Å². The quantitative estimate of drug-likeness (QED) is 0.302. The van der Waals surface area contributed by atoms with E-state index in [1.54, 1.807) is 6.92 Å². The minimum atomic E-state index is -4.20. The molecule has 2 aromatic rings. The maximum absolute atomic E-state index is 13.7. The molecule has 5 N–H and O–H groups in total. The molecule has 3 rings (SSSR count). The van der Waals surface area contributed by atoms with Crippen LogP contribution in [0.25, 0.3) is 0 Å². The highest BCUT2D eigenvalue weighted by Gasteiger charge is 2.55. The average Bonchev–Trinajstić information content (AvgIpc) is 2.87. The Morgan fingerprint density at radius 3 is 2.32 bits per heavy atom. The van der Waals surface area contributed by atoms with E-state index in [-0.39, 0.29) is 40.4 Å². The number of hydrogen-bond donors (Lipinski definition) is 5. The molecule has 0 radical (unpaired) electrons. The van der Waals surface area contributed by atoms with Crippen LogP contribution in [0.5, 0.6) is 0 Å². The van der Waals surface area contributed by atoms with Gasteiger partial charge in [0.2, 0.25) is 0 Å². The van der Waals surface area contributed by atoms with Crippen LogP contribution < -0.4 is 5.32 Å². The first-order valence-corrected chi connectivity index (χ1v) is 13.8. The number of anilines is 1. The second kappa shape index (κ2) is 11.5. The lowest BCUT2D eigenvalue weighted by molar-refractivity contribution is -0.198. The molecule has 38 heavy (non-hydrogen) atoms. The van der Waals surface area contributed by atoms with Gasteiger partial charge >= 0.3 is 0 Å². The van der Waals surface area contributed by atoms with Gasteiger partial charge in [0.05, 0.1) is 27.4 Å². The lowest BCUT2D eigenvalue weighted by Crippen LogP contribution is -2.62. The van der Waals surface area contributed by atoms with E-state index in [9.17, 15) is 46.8 Å². The molecule has 0 heterocycles. The number of nitrogens with one attached hydrogen (secondary N) is 1.